The van der Waals surface area contributed by atoms with Crippen molar-refractivity contribution in [1.82, 2.24) is 14.5 Å². The summed E-state index contributed by atoms with van der Waals surface area (Å²) in [7, 11) is 1.53. The Morgan fingerprint density at radius 3 is 2.59 bits per heavy atom. The lowest BCUT2D eigenvalue weighted by Crippen LogP contribution is -2.35. The molecule has 1 atom stereocenters. The summed E-state index contributed by atoms with van der Waals surface area (Å²) in [6.45, 7) is 2.85. The lowest BCUT2D eigenvalue weighted by atomic mass is 10.1. The number of rotatable bonds is 8. The molecule has 1 aromatic heterocycles. The number of hydrogen-bond donors (Lipinski definition) is 1. The van der Waals surface area contributed by atoms with E-state index in [1.807, 2.05) is 11.1 Å². The van der Waals surface area contributed by atoms with E-state index in [1.165, 1.54) is 7.11 Å². The molecule has 4 aromatic rings. The molecular formula is C31H30N4O6. The van der Waals surface area contributed by atoms with Crippen molar-refractivity contribution in [2.45, 2.75) is 32.4 Å². The van der Waals surface area contributed by atoms with Crippen molar-refractivity contribution < 1.29 is 24.1 Å². The third kappa shape index (κ3) is 5.02. The topological polar surface area (TPSA) is 115 Å². The minimum atomic E-state index is -0.212. The Balaban J connectivity index is 1.17. The van der Waals surface area contributed by atoms with Crippen LogP contribution >= 0.6 is 0 Å². The first-order valence-electron chi connectivity index (χ1n) is 13.5. The van der Waals surface area contributed by atoms with Crippen LogP contribution in [0.25, 0.3) is 16.6 Å². The number of aliphatic hydroxyl groups is 1. The number of aliphatic hydroxyl groups excluding tert-OH is 1. The maximum Gasteiger partial charge on any atom is 0.266 e. The number of benzene rings is 3. The molecule has 2 aliphatic rings. The summed E-state index contributed by atoms with van der Waals surface area (Å²) in [5.41, 5.74) is 2.85. The third-order valence-electron chi connectivity index (χ3n) is 7.45. The molecule has 0 spiro atoms. The highest BCUT2D eigenvalue weighted by atomic mass is 16.5. The zero-order valence-corrected chi connectivity index (χ0v) is 22.9. The van der Waals surface area contributed by atoms with Crippen molar-refractivity contribution in [3.63, 3.8) is 0 Å². The second-order valence-corrected chi connectivity index (χ2v) is 10.0. The molecule has 0 bridgehead atoms. The van der Waals surface area contributed by atoms with Crippen molar-refractivity contribution in [2.24, 2.45) is 4.99 Å². The summed E-state index contributed by atoms with van der Waals surface area (Å²) in [6.07, 6.45) is 3.72. The maximum absolute atomic E-state index is 13.4. The summed E-state index contributed by atoms with van der Waals surface area (Å²) in [6, 6.07) is 15.8. The van der Waals surface area contributed by atoms with E-state index in [0.717, 1.165) is 24.9 Å². The molecule has 1 fully saturated rings. The van der Waals surface area contributed by atoms with E-state index in [0.29, 0.717) is 50.9 Å². The summed E-state index contributed by atoms with van der Waals surface area (Å²) < 4.78 is 18.9. The zero-order chi connectivity index (χ0) is 28.5. The predicted molar refractivity (Wildman–Crippen MR) is 154 cm³/mol. The lowest BCUT2D eigenvalue weighted by Gasteiger charge is -2.20. The summed E-state index contributed by atoms with van der Waals surface area (Å²) in [5.74, 6) is 1.94. The van der Waals surface area contributed by atoms with Gasteiger partial charge in [0.2, 0.25) is 0 Å². The molecule has 0 aliphatic carbocycles. The molecule has 0 radical (unpaired) electrons. The van der Waals surface area contributed by atoms with Gasteiger partial charge < -0.3 is 24.2 Å². The fourth-order valence-electron chi connectivity index (χ4n) is 5.35. The number of carbonyl (C=O) groups is 1. The van der Waals surface area contributed by atoms with Crippen molar-refractivity contribution in [1.29, 1.82) is 0 Å². The number of ether oxygens (including phenoxy) is 3. The van der Waals surface area contributed by atoms with Crippen LogP contribution in [0.3, 0.4) is 0 Å². The van der Waals surface area contributed by atoms with Crippen molar-refractivity contribution in [2.75, 3.05) is 26.9 Å². The molecule has 0 saturated carbocycles. The molecular weight excluding hydrogens is 524 g/mol. The molecule has 3 aromatic carbocycles. The quantitative estimate of drug-likeness (QED) is 0.328. The van der Waals surface area contributed by atoms with Gasteiger partial charge in [0.1, 0.15) is 24.8 Å². The average Bonchev–Trinajstić information content (AvgIpc) is 3.42. The molecule has 210 valence electrons. The number of methoxy groups -OCH3 is 1. The normalized spacial score (nSPS) is 15.9. The Hall–Kier alpha value is -4.70. The molecule has 6 rings (SSSR count). The Morgan fingerprint density at radius 1 is 1.00 bits per heavy atom. The van der Waals surface area contributed by atoms with Gasteiger partial charge in [-0.2, -0.15) is 0 Å². The van der Waals surface area contributed by atoms with Crippen LogP contribution in [-0.2, 0) is 6.61 Å². The van der Waals surface area contributed by atoms with Crippen molar-refractivity contribution >= 4 is 28.7 Å². The van der Waals surface area contributed by atoms with E-state index >= 15 is 0 Å². The standard InChI is InChI=1S/C31H30N4O6/c1-19-33-26-10-9-23(14-24(26)31(38)35(19)21-7-5-20(18-36)6-8-21)40-12-13-41-29-16-27-25(15-28(29)39-2)30(37)34-11-3-4-22(34)17-32-27/h5-10,14-17,22,36H,3-4,11-13,18H2,1-2H3/t22-/m0/s1. The molecule has 2 aliphatic heterocycles. The monoisotopic (exact) mass is 554 g/mol. The van der Waals surface area contributed by atoms with Gasteiger partial charge in [-0.15, -0.1) is 0 Å². The number of fused-ring (bicyclic) bond motifs is 3. The zero-order valence-electron chi connectivity index (χ0n) is 22.9. The molecule has 10 heteroatoms. The largest absolute Gasteiger partial charge is 0.493 e. The Morgan fingerprint density at radius 2 is 1.80 bits per heavy atom. The number of aryl methyl sites for hydroxylation is 1. The molecule has 0 unspecified atom stereocenters. The van der Waals surface area contributed by atoms with E-state index < -0.39 is 0 Å². The van der Waals surface area contributed by atoms with Gasteiger partial charge in [-0.1, -0.05) is 12.1 Å². The molecule has 1 saturated heterocycles. The van der Waals surface area contributed by atoms with Crippen molar-refractivity contribution in [3.8, 4) is 22.9 Å². The van der Waals surface area contributed by atoms with Gasteiger partial charge in [0.05, 0.1) is 47.6 Å². The predicted octanol–water partition coefficient (Wildman–Crippen LogP) is 3.97. The molecule has 41 heavy (non-hydrogen) atoms. The highest BCUT2D eigenvalue weighted by molar-refractivity contribution is 6.03. The second-order valence-electron chi connectivity index (χ2n) is 10.0. The first-order chi connectivity index (χ1) is 20.0. The molecule has 1 amide bonds. The van der Waals surface area contributed by atoms with E-state index in [4.69, 9.17) is 14.2 Å². The SMILES string of the molecule is COc1cc2c(cc1OCCOc1ccc3nc(C)n(-c4ccc(CO)cc4)c(=O)c3c1)N=C[C@@H]1CCCN1C2=O. The van der Waals surface area contributed by atoms with E-state index in [-0.39, 0.29) is 37.3 Å². The number of aliphatic imine (C=N–C) groups is 1. The smallest absolute Gasteiger partial charge is 0.266 e. The van der Waals surface area contributed by atoms with Crippen LogP contribution in [0.5, 0.6) is 17.2 Å². The fourth-order valence-corrected chi connectivity index (χ4v) is 5.35. The van der Waals surface area contributed by atoms with E-state index in [1.54, 1.807) is 66.1 Å². The van der Waals surface area contributed by atoms with Gasteiger partial charge in [-0.3, -0.25) is 19.1 Å². The number of amides is 1. The van der Waals surface area contributed by atoms with Crippen LogP contribution in [0.4, 0.5) is 5.69 Å². The van der Waals surface area contributed by atoms with E-state index in [9.17, 15) is 14.7 Å². The number of nitrogens with zero attached hydrogens (tertiary/aromatic N) is 4. The highest BCUT2D eigenvalue weighted by Crippen LogP contribution is 2.38. The molecule has 3 heterocycles. The van der Waals surface area contributed by atoms with Crippen LogP contribution in [0.2, 0.25) is 0 Å². The van der Waals surface area contributed by atoms with Crippen LogP contribution in [0.1, 0.15) is 34.6 Å². The van der Waals surface area contributed by atoms with E-state index in [2.05, 4.69) is 9.98 Å². The number of aromatic nitrogens is 2. The van der Waals surface area contributed by atoms with Crippen LogP contribution in [0.15, 0.2) is 64.4 Å². The maximum atomic E-state index is 13.4. The second kappa shape index (κ2) is 11.1. The third-order valence-corrected chi connectivity index (χ3v) is 7.45. The van der Waals surface area contributed by atoms with Gasteiger partial charge in [0, 0.05) is 18.8 Å². The van der Waals surface area contributed by atoms with Crippen LogP contribution in [0, 0.1) is 6.92 Å². The minimum Gasteiger partial charge on any atom is -0.493 e. The van der Waals surface area contributed by atoms with Crippen molar-refractivity contribution in [3.05, 3.63) is 81.9 Å². The van der Waals surface area contributed by atoms with Gasteiger partial charge in [-0.05, 0) is 61.7 Å². The van der Waals surface area contributed by atoms with Gasteiger partial charge >= 0.3 is 0 Å². The number of hydrogen-bond acceptors (Lipinski definition) is 8. The minimum absolute atomic E-state index is 0.0238. The Bertz CT molecular complexity index is 1710. The first-order valence-corrected chi connectivity index (χ1v) is 13.5. The van der Waals surface area contributed by atoms with Gasteiger partial charge in [0.15, 0.2) is 11.5 Å². The summed E-state index contributed by atoms with van der Waals surface area (Å²) >= 11 is 0. The first kappa shape index (κ1) is 26.5. The molecule has 10 nitrogen and oxygen atoms in total. The lowest BCUT2D eigenvalue weighted by molar-refractivity contribution is 0.0774. The highest BCUT2D eigenvalue weighted by Gasteiger charge is 2.32. The number of carbonyl (C=O) groups excluding carboxylic acids is 1. The summed E-state index contributed by atoms with van der Waals surface area (Å²) in [5, 5.41) is 9.75. The average molecular weight is 555 g/mol. The fraction of sp³-hybridized carbons (Fsp3) is 0.290. The Kier molecular flexibility index (Phi) is 7.15. The van der Waals surface area contributed by atoms with Crippen LogP contribution in [-0.4, -0.2) is 64.6 Å². The van der Waals surface area contributed by atoms with Crippen LogP contribution < -0.4 is 19.8 Å². The Labute approximate surface area is 236 Å². The van der Waals surface area contributed by atoms with Gasteiger partial charge in [0.25, 0.3) is 11.5 Å². The van der Waals surface area contributed by atoms with Gasteiger partial charge in [-0.25, -0.2) is 4.98 Å². The molecule has 1 N–H and O–H groups in total. The summed E-state index contributed by atoms with van der Waals surface area (Å²) in [4.78, 5) is 37.5.